The van der Waals surface area contributed by atoms with Crippen molar-refractivity contribution in [3.8, 4) is 0 Å². The fraction of sp³-hybridized carbons (Fsp3) is 0.333. The van der Waals surface area contributed by atoms with Crippen LogP contribution in [0.1, 0.15) is 12.5 Å². The Balaban J connectivity index is 1.87. The van der Waals surface area contributed by atoms with Crippen LogP contribution in [-0.4, -0.2) is 36.2 Å². The summed E-state index contributed by atoms with van der Waals surface area (Å²) in [7, 11) is 0. The molecule has 1 aromatic heterocycles. The number of benzene rings is 1. The molecule has 7 heteroatoms. The monoisotopic (exact) mass is 349 g/mol. The van der Waals surface area contributed by atoms with Crippen LogP contribution in [0.5, 0.6) is 0 Å². The summed E-state index contributed by atoms with van der Waals surface area (Å²) >= 11 is 0. The molecule has 1 unspecified atom stereocenters. The van der Waals surface area contributed by atoms with Gasteiger partial charge in [-0.25, -0.2) is 4.98 Å². The number of anilines is 2. The third kappa shape index (κ3) is 3.75. The van der Waals surface area contributed by atoms with Crippen LogP contribution >= 0.6 is 0 Å². The van der Waals surface area contributed by atoms with Crippen molar-refractivity contribution in [2.45, 2.75) is 25.6 Å². The van der Waals surface area contributed by atoms with E-state index >= 15 is 0 Å². The summed E-state index contributed by atoms with van der Waals surface area (Å²) in [6, 6.07) is 11.5. The lowest BCUT2D eigenvalue weighted by atomic mass is 10.1. The van der Waals surface area contributed by atoms with Crippen LogP contribution in [0.4, 0.5) is 24.7 Å². The van der Waals surface area contributed by atoms with Crippen molar-refractivity contribution < 1.29 is 18.0 Å². The number of carbonyl (C=O) groups excluding carboxylic acids is 1. The van der Waals surface area contributed by atoms with Gasteiger partial charge in [0.25, 0.3) is 5.91 Å². The number of hydrogen-bond acceptors (Lipinski definition) is 3. The normalized spacial score (nSPS) is 15.0. The van der Waals surface area contributed by atoms with Crippen LogP contribution in [-0.2, 0) is 11.2 Å². The zero-order valence-corrected chi connectivity index (χ0v) is 13.7. The van der Waals surface area contributed by atoms with Crippen molar-refractivity contribution in [3.63, 3.8) is 0 Å². The van der Waals surface area contributed by atoms with E-state index in [0.717, 1.165) is 17.7 Å². The van der Waals surface area contributed by atoms with Crippen LogP contribution in [0.2, 0.25) is 0 Å². The molecule has 0 saturated heterocycles. The van der Waals surface area contributed by atoms with Crippen molar-refractivity contribution in [1.29, 1.82) is 0 Å². The van der Waals surface area contributed by atoms with E-state index in [1.807, 2.05) is 29.2 Å². The lowest BCUT2D eigenvalue weighted by molar-refractivity contribution is -0.133. The predicted octanol–water partition coefficient (Wildman–Crippen LogP) is 3.43. The maximum absolute atomic E-state index is 13.0. The van der Waals surface area contributed by atoms with Crippen molar-refractivity contribution in [2.75, 3.05) is 22.9 Å². The van der Waals surface area contributed by atoms with Gasteiger partial charge < -0.3 is 4.90 Å². The minimum absolute atomic E-state index is 0.00385. The molecule has 1 aliphatic heterocycles. The highest BCUT2D eigenvalue weighted by Crippen LogP contribution is 2.30. The molecule has 0 N–H and O–H groups in total. The molecule has 0 radical (unpaired) electrons. The second-order valence-electron chi connectivity index (χ2n) is 5.98. The molecule has 132 valence electrons. The van der Waals surface area contributed by atoms with Gasteiger partial charge in [-0.2, -0.15) is 13.2 Å². The van der Waals surface area contributed by atoms with Gasteiger partial charge in [0.2, 0.25) is 0 Å². The van der Waals surface area contributed by atoms with E-state index in [2.05, 4.69) is 4.98 Å². The number of alkyl halides is 3. The van der Waals surface area contributed by atoms with Gasteiger partial charge in [0.15, 0.2) is 0 Å². The Morgan fingerprint density at radius 1 is 1.24 bits per heavy atom. The minimum atomic E-state index is -4.50. The van der Waals surface area contributed by atoms with Crippen LogP contribution < -0.4 is 9.80 Å². The number of hydrogen-bond donors (Lipinski definition) is 0. The molecule has 0 fully saturated rings. The second kappa shape index (κ2) is 6.74. The highest BCUT2D eigenvalue weighted by atomic mass is 19.4. The predicted molar refractivity (Wildman–Crippen MR) is 89.6 cm³/mol. The van der Waals surface area contributed by atoms with E-state index in [-0.39, 0.29) is 5.82 Å². The molecule has 3 rings (SSSR count). The van der Waals surface area contributed by atoms with Crippen LogP contribution in [0.15, 0.2) is 48.7 Å². The number of carbonyl (C=O) groups is 1. The average molecular weight is 349 g/mol. The van der Waals surface area contributed by atoms with Gasteiger partial charge in [-0.05, 0) is 37.1 Å². The van der Waals surface area contributed by atoms with Gasteiger partial charge in [-0.1, -0.05) is 24.3 Å². The Morgan fingerprint density at radius 3 is 2.64 bits per heavy atom. The molecule has 1 aliphatic rings. The van der Waals surface area contributed by atoms with Gasteiger partial charge in [0, 0.05) is 18.4 Å². The first-order valence-electron chi connectivity index (χ1n) is 8.00. The van der Waals surface area contributed by atoms with Crippen LogP contribution in [0, 0.1) is 0 Å². The van der Waals surface area contributed by atoms with Gasteiger partial charge in [0.05, 0.1) is 0 Å². The van der Waals surface area contributed by atoms with Gasteiger partial charge >= 0.3 is 6.18 Å². The second-order valence-corrected chi connectivity index (χ2v) is 5.98. The average Bonchev–Trinajstić information content (AvgIpc) is 3.02. The first kappa shape index (κ1) is 17.3. The van der Waals surface area contributed by atoms with Gasteiger partial charge in [-0.15, -0.1) is 0 Å². The molecule has 0 saturated carbocycles. The molecule has 0 spiro atoms. The molecule has 0 bridgehead atoms. The number of fused-ring (bicyclic) bond motifs is 1. The molecule has 1 atom stereocenters. The molecule has 0 aliphatic carbocycles. The molecular weight excluding hydrogens is 331 g/mol. The Labute approximate surface area is 143 Å². The Kier molecular flexibility index (Phi) is 4.65. The largest absolute Gasteiger partial charge is 0.406 e. The first-order chi connectivity index (χ1) is 11.9. The number of pyridine rings is 1. The van der Waals surface area contributed by atoms with Crippen molar-refractivity contribution >= 4 is 17.4 Å². The zero-order valence-electron chi connectivity index (χ0n) is 13.7. The van der Waals surface area contributed by atoms with Crippen molar-refractivity contribution in [1.82, 2.24) is 4.98 Å². The number of nitrogens with zero attached hydrogens (tertiary/aromatic N) is 3. The van der Waals surface area contributed by atoms with Crippen molar-refractivity contribution in [3.05, 3.63) is 54.2 Å². The molecule has 2 aromatic rings. The topological polar surface area (TPSA) is 36.4 Å². The summed E-state index contributed by atoms with van der Waals surface area (Å²) < 4.78 is 39.0. The van der Waals surface area contributed by atoms with E-state index in [4.69, 9.17) is 0 Å². The Morgan fingerprint density at radius 2 is 1.96 bits per heavy atom. The van der Waals surface area contributed by atoms with E-state index < -0.39 is 24.7 Å². The molecule has 25 heavy (non-hydrogen) atoms. The quantitative estimate of drug-likeness (QED) is 0.849. The third-order valence-corrected chi connectivity index (χ3v) is 4.28. The number of halogens is 3. The van der Waals surface area contributed by atoms with E-state index in [0.29, 0.717) is 11.4 Å². The highest BCUT2D eigenvalue weighted by molar-refractivity contribution is 5.98. The van der Waals surface area contributed by atoms with Crippen LogP contribution in [0.3, 0.4) is 0 Å². The molecular formula is C18H18F3N3O. The summed E-state index contributed by atoms with van der Waals surface area (Å²) in [4.78, 5) is 19.4. The summed E-state index contributed by atoms with van der Waals surface area (Å²) in [5.41, 5.74) is 2.00. The third-order valence-electron chi connectivity index (χ3n) is 4.28. The maximum Gasteiger partial charge on any atom is 0.406 e. The van der Waals surface area contributed by atoms with E-state index in [1.165, 1.54) is 12.3 Å². The summed E-state index contributed by atoms with van der Waals surface area (Å²) in [5, 5.41) is 0. The standard InChI is InChI=1S/C18H18F3N3O/c1-13(23-11-9-14-6-2-3-7-15(14)23)17(25)24(12-18(19,20)21)16-8-4-5-10-22-16/h2-8,10,13H,9,11-12H2,1H3. The number of rotatable bonds is 4. The minimum Gasteiger partial charge on any atom is -0.359 e. The summed E-state index contributed by atoms with van der Waals surface area (Å²) in [5.74, 6) is -0.614. The number of amides is 1. The fourth-order valence-corrected chi connectivity index (χ4v) is 3.09. The van der Waals surface area contributed by atoms with E-state index in [1.54, 1.807) is 19.1 Å². The smallest absolute Gasteiger partial charge is 0.359 e. The number of para-hydroxylation sites is 1. The number of aromatic nitrogens is 1. The lowest BCUT2D eigenvalue weighted by Gasteiger charge is -2.31. The summed E-state index contributed by atoms with van der Waals surface area (Å²) in [6.45, 7) is 0.883. The first-order valence-corrected chi connectivity index (χ1v) is 8.00. The molecule has 4 nitrogen and oxygen atoms in total. The van der Waals surface area contributed by atoms with Gasteiger partial charge in [0.1, 0.15) is 18.4 Å². The lowest BCUT2D eigenvalue weighted by Crippen LogP contribution is -2.50. The Hall–Kier alpha value is -2.57. The van der Waals surface area contributed by atoms with Crippen molar-refractivity contribution in [2.24, 2.45) is 0 Å². The maximum atomic E-state index is 13.0. The zero-order chi connectivity index (χ0) is 18.0. The van der Waals surface area contributed by atoms with E-state index in [9.17, 15) is 18.0 Å². The molecule has 1 aromatic carbocycles. The Bertz CT molecular complexity index is 749. The summed E-state index contributed by atoms with van der Waals surface area (Å²) in [6.07, 6.45) is -2.35. The van der Waals surface area contributed by atoms with Crippen LogP contribution in [0.25, 0.3) is 0 Å². The molecule has 1 amide bonds. The highest BCUT2D eigenvalue weighted by Gasteiger charge is 2.38. The fourth-order valence-electron chi connectivity index (χ4n) is 3.09. The molecule has 2 heterocycles. The SMILES string of the molecule is CC(C(=O)N(CC(F)(F)F)c1ccccn1)N1CCc2ccccc21. The van der Waals surface area contributed by atoms with Gasteiger partial charge in [-0.3, -0.25) is 9.69 Å².